The summed E-state index contributed by atoms with van der Waals surface area (Å²) in [6.07, 6.45) is 0.400. The van der Waals surface area contributed by atoms with Gasteiger partial charge < -0.3 is 4.74 Å². The number of rotatable bonds is 5. The second-order valence-corrected chi connectivity index (χ2v) is 6.46. The van der Waals surface area contributed by atoms with Crippen molar-refractivity contribution in [3.05, 3.63) is 5.82 Å². The Hall–Kier alpha value is -1.11. The SMILES string of the molecule is C[C@H](SCCC(=O)OC(C)(C)C)c1nnnn1C. The first-order valence-corrected chi connectivity index (χ1v) is 6.90. The van der Waals surface area contributed by atoms with Crippen molar-refractivity contribution in [2.75, 3.05) is 5.75 Å². The molecule has 7 heteroatoms. The van der Waals surface area contributed by atoms with Crippen LogP contribution >= 0.6 is 11.8 Å². The van der Waals surface area contributed by atoms with Gasteiger partial charge in [-0.2, -0.15) is 11.8 Å². The highest BCUT2D eigenvalue weighted by molar-refractivity contribution is 7.99. The van der Waals surface area contributed by atoms with Crippen molar-refractivity contribution in [1.82, 2.24) is 20.2 Å². The molecule has 0 aliphatic heterocycles. The molecule has 0 saturated carbocycles. The van der Waals surface area contributed by atoms with Crippen LogP contribution in [0.25, 0.3) is 0 Å². The summed E-state index contributed by atoms with van der Waals surface area (Å²) in [5, 5.41) is 11.5. The van der Waals surface area contributed by atoms with Crippen LogP contribution in [0, 0.1) is 0 Å². The Morgan fingerprint density at radius 3 is 2.67 bits per heavy atom. The molecule has 0 spiro atoms. The van der Waals surface area contributed by atoms with E-state index in [1.54, 1.807) is 23.5 Å². The highest BCUT2D eigenvalue weighted by atomic mass is 32.2. The van der Waals surface area contributed by atoms with Crippen LogP contribution in [0.3, 0.4) is 0 Å². The second-order valence-electron chi connectivity index (χ2n) is 5.01. The monoisotopic (exact) mass is 272 g/mol. The van der Waals surface area contributed by atoms with E-state index in [4.69, 9.17) is 4.74 Å². The lowest BCUT2D eigenvalue weighted by Gasteiger charge is -2.19. The zero-order valence-electron chi connectivity index (χ0n) is 11.5. The van der Waals surface area contributed by atoms with Gasteiger partial charge in [0, 0.05) is 12.8 Å². The van der Waals surface area contributed by atoms with Crippen LogP contribution in [0.1, 0.15) is 45.2 Å². The summed E-state index contributed by atoms with van der Waals surface area (Å²) in [6, 6.07) is 0. The fourth-order valence-electron chi connectivity index (χ4n) is 1.37. The average molecular weight is 272 g/mol. The molecular formula is C11H20N4O2S. The maximum Gasteiger partial charge on any atom is 0.307 e. The van der Waals surface area contributed by atoms with Crippen molar-refractivity contribution in [2.45, 2.75) is 45.0 Å². The molecule has 0 amide bonds. The summed E-state index contributed by atoms with van der Waals surface area (Å²) in [5.74, 6) is 1.34. The minimum atomic E-state index is -0.416. The van der Waals surface area contributed by atoms with Crippen LogP contribution in [0.5, 0.6) is 0 Å². The Morgan fingerprint density at radius 2 is 2.17 bits per heavy atom. The third-order valence-electron chi connectivity index (χ3n) is 2.11. The third-order valence-corrected chi connectivity index (χ3v) is 3.26. The van der Waals surface area contributed by atoms with E-state index in [9.17, 15) is 4.79 Å². The van der Waals surface area contributed by atoms with Gasteiger partial charge in [-0.3, -0.25) is 4.79 Å². The molecule has 0 radical (unpaired) electrons. The lowest BCUT2D eigenvalue weighted by molar-refractivity contribution is -0.154. The Morgan fingerprint density at radius 1 is 1.50 bits per heavy atom. The molecule has 0 aliphatic rings. The number of aromatic nitrogens is 4. The van der Waals surface area contributed by atoms with Gasteiger partial charge in [-0.15, -0.1) is 5.10 Å². The summed E-state index contributed by atoms with van der Waals surface area (Å²) >= 11 is 1.64. The maximum atomic E-state index is 11.5. The Kier molecular flexibility index (Phi) is 5.13. The highest BCUT2D eigenvalue weighted by Crippen LogP contribution is 2.26. The molecule has 0 saturated heterocycles. The van der Waals surface area contributed by atoms with Gasteiger partial charge in [0.1, 0.15) is 5.60 Å². The van der Waals surface area contributed by atoms with Crippen molar-refractivity contribution < 1.29 is 9.53 Å². The molecule has 1 rings (SSSR count). The van der Waals surface area contributed by atoms with E-state index in [0.29, 0.717) is 12.2 Å². The number of ether oxygens (including phenoxy) is 1. The van der Waals surface area contributed by atoms with E-state index >= 15 is 0 Å². The summed E-state index contributed by atoms with van der Waals surface area (Å²) in [5.41, 5.74) is -0.416. The van der Waals surface area contributed by atoms with E-state index in [2.05, 4.69) is 15.5 Å². The Labute approximate surface area is 111 Å². The number of carbonyl (C=O) groups excluding carboxylic acids is 1. The standard InChI is InChI=1S/C11H20N4O2S/c1-8(10-12-13-14-15(10)5)18-7-6-9(16)17-11(2,3)4/h8H,6-7H2,1-5H3/t8-/m0/s1. The number of thioether (sulfide) groups is 1. The normalized spacial score (nSPS) is 13.4. The molecule has 0 aromatic carbocycles. The van der Waals surface area contributed by atoms with Gasteiger partial charge in [-0.25, -0.2) is 4.68 Å². The molecule has 6 nitrogen and oxygen atoms in total. The molecule has 18 heavy (non-hydrogen) atoms. The van der Waals surface area contributed by atoms with Crippen LogP contribution in [-0.2, 0) is 16.6 Å². The smallest absolute Gasteiger partial charge is 0.307 e. The van der Waals surface area contributed by atoms with E-state index in [1.165, 1.54) is 0 Å². The summed E-state index contributed by atoms with van der Waals surface area (Å²) in [6.45, 7) is 7.62. The molecule has 1 heterocycles. The minimum Gasteiger partial charge on any atom is -0.460 e. The number of hydrogen-bond donors (Lipinski definition) is 0. The molecule has 1 atom stereocenters. The first-order valence-electron chi connectivity index (χ1n) is 5.85. The van der Waals surface area contributed by atoms with E-state index in [0.717, 1.165) is 5.82 Å². The number of tetrazole rings is 1. The fraction of sp³-hybridized carbons (Fsp3) is 0.818. The molecule has 0 aliphatic carbocycles. The first kappa shape index (κ1) is 14.9. The van der Waals surface area contributed by atoms with Gasteiger partial charge in [-0.1, -0.05) is 0 Å². The zero-order chi connectivity index (χ0) is 13.8. The van der Waals surface area contributed by atoms with Gasteiger partial charge in [0.05, 0.1) is 11.7 Å². The van der Waals surface area contributed by atoms with E-state index in [-0.39, 0.29) is 11.2 Å². The van der Waals surface area contributed by atoms with Crippen LogP contribution < -0.4 is 0 Å². The number of esters is 1. The van der Waals surface area contributed by atoms with Crippen LogP contribution in [0.15, 0.2) is 0 Å². The van der Waals surface area contributed by atoms with Crippen LogP contribution in [0.4, 0.5) is 0 Å². The Balaban J connectivity index is 2.30. The van der Waals surface area contributed by atoms with Gasteiger partial charge in [0.15, 0.2) is 5.82 Å². The quantitative estimate of drug-likeness (QED) is 0.760. The zero-order valence-corrected chi connectivity index (χ0v) is 12.3. The lowest BCUT2D eigenvalue weighted by atomic mass is 10.2. The predicted octanol–water partition coefficient (Wildman–Crippen LogP) is 1.74. The molecule has 0 bridgehead atoms. The number of nitrogens with zero attached hydrogens (tertiary/aromatic N) is 4. The topological polar surface area (TPSA) is 69.9 Å². The van der Waals surface area contributed by atoms with Crippen molar-refractivity contribution in [1.29, 1.82) is 0 Å². The molecule has 102 valence electrons. The van der Waals surface area contributed by atoms with E-state index < -0.39 is 5.60 Å². The van der Waals surface area contributed by atoms with Gasteiger partial charge in [-0.05, 0) is 38.1 Å². The fourth-order valence-corrected chi connectivity index (χ4v) is 2.35. The van der Waals surface area contributed by atoms with Gasteiger partial charge in [0.2, 0.25) is 0 Å². The molecule has 1 aromatic heterocycles. The molecule has 1 aromatic rings. The first-order chi connectivity index (χ1) is 8.29. The van der Waals surface area contributed by atoms with Crippen molar-refractivity contribution in [3.8, 4) is 0 Å². The van der Waals surface area contributed by atoms with Gasteiger partial charge >= 0.3 is 5.97 Å². The summed E-state index contributed by atoms with van der Waals surface area (Å²) < 4.78 is 6.88. The van der Waals surface area contributed by atoms with Crippen LogP contribution in [0.2, 0.25) is 0 Å². The van der Waals surface area contributed by atoms with Crippen molar-refractivity contribution in [2.24, 2.45) is 7.05 Å². The minimum absolute atomic E-state index is 0.160. The average Bonchev–Trinajstić information content (AvgIpc) is 2.61. The van der Waals surface area contributed by atoms with E-state index in [1.807, 2.05) is 27.7 Å². The summed E-state index contributed by atoms with van der Waals surface area (Å²) in [4.78, 5) is 11.5. The molecular weight excluding hydrogens is 252 g/mol. The number of aryl methyl sites for hydroxylation is 1. The molecule has 0 fully saturated rings. The number of carbonyl (C=O) groups is 1. The highest BCUT2D eigenvalue weighted by Gasteiger charge is 2.17. The predicted molar refractivity (Wildman–Crippen MR) is 70.1 cm³/mol. The van der Waals surface area contributed by atoms with Crippen molar-refractivity contribution in [3.63, 3.8) is 0 Å². The number of hydrogen-bond acceptors (Lipinski definition) is 6. The maximum absolute atomic E-state index is 11.5. The largest absolute Gasteiger partial charge is 0.460 e. The summed E-state index contributed by atoms with van der Waals surface area (Å²) in [7, 11) is 1.81. The molecule has 0 unspecified atom stereocenters. The third kappa shape index (κ3) is 5.03. The lowest BCUT2D eigenvalue weighted by Crippen LogP contribution is -2.24. The van der Waals surface area contributed by atoms with Crippen molar-refractivity contribution >= 4 is 17.7 Å². The van der Waals surface area contributed by atoms with Crippen LogP contribution in [-0.4, -0.2) is 37.5 Å². The van der Waals surface area contributed by atoms with Gasteiger partial charge in [0.25, 0.3) is 0 Å². The second kappa shape index (κ2) is 6.17. The molecule has 0 N–H and O–H groups in total. The Bertz CT molecular complexity index is 400.